The summed E-state index contributed by atoms with van der Waals surface area (Å²) in [6.07, 6.45) is 7.68. The number of allylic oxidation sites excluding steroid dienone is 1. The van der Waals surface area contributed by atoms with E-state index in [9.17, 15) is 9.90 Å². The number of amides is 1. The van der Waals surface area contributed by atoms with Gasteiger partial charge in [-0.3, -0.25) is 9.88 Å². The van der Waals surface area contributed by atoms with Crippen molar-refractivity contribution in [3.63, 3.8) is 0 Å². The number of pyridine rings is 1. The zero-order valence-corrected chi connectivity index (χ0v) is 13.3. The molecule has 0 radical (unpaired) electrons. The topological polar surface area (TPSA) is 53.4 Å². The van der Waals surface area contributed by atoms with Crippen molar-refractivity contribution in [3.8, 4) is 0 Å². The first-order valence-electron chi connectivity index (χ1n) is 8.22. The first-order valence-corrected chi connectivity index (χ1v) is 8.22. The Bertz CT molecular complexity index is 816. The van der Waals surface area contributed by atoms with Crippen molar-refractivity contribution in [1.82, 2.24) is 9.88 Å². The average Bonchev–Trinajstić information content (AvgIpc) is 2.78. The van der Waals surface area contributed by atoms with Crippen LogP contribution in [0.15, 0.2) is 48.3 Å². The number of likely N-dealkylation sites (tertiary alicyclic amines) is 1. The molecule has 0 unspecified atom stereocenters. The molecule has 4 nitrogen and oxygen atoms in total. The van der Waals surface area contributed by atoms with Gasteiger partial charge in [-0.05, 0) is 36.5 Å². The summed E-state index contributed by atoms with van der Waals surface area (Å²) < 4.78 is 0. The number of carbonyl (C=O) groups is 1. The Morgan fingerprint density at radius 1 is 1.04 bits per heavy atom. The molecule has 24 heavy (non-hydrogen) atoms. The maximum Gasteiger partial charge on any atom is 0.411 e. The molecule has 4 heteroatoms. The molecule has 1 aliphatic carbocycles. The van der Waals surface area contributed by atoms with E-state index in [-0.39, 0.29) is 0 Å². The fraction of sp³-hybridized carbons (Fsp3) is 0.200. The second-order valence-corrected chi connectivity index (χ2v) is 6.07. The third-order valence-corrected chi connectivity index (χ3v) is 4.64. The Balaban J connectivity index is 2.04. The lowest BCUT2D eigenvalue weighted by Gasteiger charge is -2.30. The third-order valence-electron chi connectivity index (χ3n) is 4.64. The monoisotopic (exact) mass is 318 g/mol. The van der Waals surface area contributed by atoms with E-state index in [0.717, 1.165) is 52.9 Å². The molecule has 1 N–H and O–H groups in total. The summed E-state index contributed by atoms with van der Waals surface area (Å²) >= 11 is 0. The van der Waals surface area contributed by atoms with Gasteiger partial charge in [-0.15, -0.1) is 0 Å². The third kappa shape index (κ3) is 2.40. The maximum atomic E-state index is 11.8. The van der Waals surface area contributed by atoms with Crippen molar-refractivity contribution in [2.24, 2.45) is 0 Å². The molecule has 120 valence electrons. The van der Waals surface area contributed by atoms with Crippen LogP contribution in [0, 0.1) is 0 Å². The van der Waals surface area contributed by atoms with Gasteiger partial charge in [0.05, 0.1) is 5.69 Å². The molecule has 1 fully saturated rings. The van der Waals surface area contributed by atoms with E-state index in [1.165, 1.54) is 4.90 Å². The summed E-state index contributed by atoms with van der Waals surface area (Å²) in [6.45, 7) is 0.548. The van der Waals surface area contributed by atoms with Crippen LogP contribution in [-0.4, -0.2) is 27.6 Å². The van der Waals surface area contributed by atoms with Crippen molar-refractivity contribution in [1.29, 1.82) is 0 Å². The van der Waals surface area contributed by atoms with Gasteiger partial charge in [0.1, 0.15) is 0 Å². The molecule has 2 aromatic rings. The summed E-state index contributed by atoms with van der Waals surface area (Å²) in [5, 5.41) is 9.66. The molecule has 2 heterocycles. The molecule has 1 aromatic heterocycles. The lowest BCUT2D eigenvalue weighted by molar-refractivity contribution is 0.151. The van der Waals surface area contributed by atoms with Crippen molar-refractivity contribution in [3.05, 3.63) is 70.7 Å². The summed E-state index contributed by atoms with van der Waals surface area (Å²) in [7, 11) is 0. The Morgan fingerprint density at radius 3 is 2.71 bits per heavy atom. The van der Waals surface area contributed by atoms with Crippen LogP contribution in [0.2, 0.25) is 0 Å². The van der Waals surface area contributed by atoms with Crippen LogP contribution in [-0.2, 0) is 0 Å². The number of nitrogens with zero attached hydrogens (tertiary/aromatic N) is 2. The Kier molecular flexibility index (Phi) is 3.65. The maximum absolute atomic E-state index is 11.8. The number of carboxylic acid groups (broad SMARTS) is 1. The molecule has 1 aromatic carbocycles. The smallest absolute Gasteiger partial charge is 0.411 e. The van der Waals surface area contributed by atoms with E-state index in [2.05, 4.69) is 29.3 Å². The molecule has 1 aliphatic heterocycles. The first kappa shape index (κ1) is 14.7. The second kappa shape index (κ2) is 5.96. The summed E-state index contributed by atoms with van der Waals surface area (Å²) in [5.74, 6) is 0. The SMILES string of the molecule is O=C(O)N1CCCCC1=C1c2ccccc2C=Cc2cccnc21. The van der Waals surface area contributed by atoms with E-state index in [0.29, 0.717) is 6.54 Å². The molecule has 1 saturated heterocycles. The Labute approximate surface area is 140 Å². The number of piperidine rings is 1. The fourth-order valence-electron chi connectivity index (χ4n) is 3.53. The normalized spacial score (nSPS) is 19.4. The van der Waals surface area contributed by atoms with Gasteiger partial charge in [-0.1, -0.05) is 42.5 Å². The summed E-state index contributed by atoms with van der Waals surface area (Å²) in [6, 6.07) is 12.1. The number of hydrogen-bond acceptors (Lipinski definition) is 2. The largest absolute Gasteiger partial charge is 0.465 e. The number of benzene rings is 1. The van der Waals surface area contributed by atoms with E-state index in [1.807, 2.05) is 24.3 Å². The van der Waals surface area contributed by atoms with E-state index in [4.69, 9.17) is 0 Å². The van der Waals surface area contributed by atoms with Gasteiger partial charge in [-0.25, -0.2) is 4.79 Å². The predicted octanol–water partition coefficient (Wildman–Crippen LogP) is 4.49. The van der Waals surface area contributed by atoms with E-state index in [1.54, 1.807) is 6.20 Å². The van der Waals surface area contributed by atoms with Gasteiger partial charge in [0.2, 0.25) is 0 Å². The lowest BCUT2D eigenvalue weighted by atomic mass is 9.91. The molecule has 0 spiro atoms. The van der Waals surface area contributed by atoms with Gasteiger partial charge in [0.15, 0.2) is 0 Å². The van der Waals surface area contributed by atoms with Crippen LogP contribution < -0.4 is 0 Å². The molecule has 4 rings (SSSR count). The highest BCUT2D eigenvalue weighted by Crippen LogP contribution is 2.38. The molecule has 1 amide bonds. The Morgan fingerprint density at radius 2 is 1.83 bits per heavy atom. The van der Waals surface area contributed by atoms with Gasteiger partial charge in [0, 0.05) is 29.6 Å². The molecular formula is C20H18N2O2. The van der Waals surface area contributed by atoms with Crippen molar-refractivity contribution in [2.45, 2.75) is 19.3 Å². The van der Waals surface area contributed by atoms with Crippen LogP contribution >= 0.6 is 0 Å². The highest BCUT2D eigenvalue weighted by Gasteiger charge is 2.28. The lowest BCUT2D eigenvalue weighted by Crippen LogP contribution is -2.33. The van der Waals surface area contributed by atoms with Crippen LogP contribution in [0.5, 0.6) is 0 Å². The van der Waals surface area contributed by atoms with E-state index < -0.39 is 6.09 Å². The van der Waals surface area contributed by atoms with Crippen LogP contribution in [0.3, 0.4) is 0 Å². The number of hydrogen-bond donors (Lipinski definition) is 1. The van der Waals surface area contributed by atoms with Gasteiger partial charge < -0.3 is 5.11 Å². The van der Waals surface area contributed by atoms with Gasteiger partial charge >= 0.3 is 6.09 Å². The molecular weight excluding hydrogens is 300 g/mol. The first-order chi connectivity index (χ1) is 11.8. The van der Waals surface area contributed by atoms with E-state index >= 15 is 0 Å². The standard InChI is InChI=1S/C20H18N2O2/c23-20(24)22-13-4-3-9-17(22)18-16-8-2-1-6-14(16)10-11-15-7-5-12-21-19(15)18/h1-2,5-8,10-12H,3-4,9,13H2,(H,23,24). The van der Waals surface area contributed by atoms with Crippen LogP contribution in [0.4, 0.5) is 4.79 Å². The summed E-state index contributed by atoms with van der Waals surface area (Å²) in [5.41, 5.74) is 5.84. The van der Waals surface area contributed by atoms with Crippen molar-refractivity contribution >= 4 is 23.8 Å². The predicted molar refractivity (Wildman–Crippen MR) is 94.2 cm³/mol. The van der Waals surface area contributed by atoms with Gasteiger partial charge in [-0.2, -0.15) is 0 Å². The molecule has 0 atom stereocenters. The minimum absolute atomic E-state index is 0.548. The quantitative estimate of drug-likeness (QED) is 0.664. The minimum Gasteiger partial charge on any atom is -0.465 e. The zero-order chi connectivity index (χ0) is 16.5. The number of aromatic nitrogens is 1. The molecule has 0 saturated carbocycles. The van der Waals surface area contributed by atoms with Crippen molar-refractivity contribution < 1.29 is 9.90 Å². The minimum atomic E-state index is -0.885. The zero-order valence-electron chi connectivity index (χ0n) is 13.3. The van der Waals surface area contributed by atoms with Crippen LogP contribution in [0.25, 0.3) is 17.7 Å². The Hall–Kier alpha value is -2.88. The summed E-state index contributed by atoms with van der Waals surface area (Å²) in [4.78, 5) is 17.9. The fourth-order valence-corrected chi connectivity index (χ4v) is 3.53. The number of fused-ring (bicyclic) bond motifs is 2. The average molecular weight is 318 g/mol. The number of rotatable bonds is 0. The van der Waals surface area contributed by atoms with Gasteiger partial charge in [0.25, 0.3) is 0 Å². The molecule has 2 aliphatic rings. The highest BCUT2D eigenvalue weighted by molar-refractivity contribution is 5.94. The molecule has 0 bridgehead atoms. The highest BCUT2D eigenvalue weighted by atomic mass is 16.4. The van der Waals surface area contributed by atoms with Crippen molar-refractivity contribution in [2.75, 3.05) is 6.54 Å². The second-order valence-electron chi connectivity index (χ2n) is 6.07. The van der Waals surface area contributed by atoms with Crippen LogP contribution in [0.1, 0.15) is 41.6 Å².